The summed E-state index contributed by atoms with van der Waals surface area (Å²) >= 11 is 1.65. The largest absolute Gasteiger partial charge is 0.490 e. The van der Waals surface area contributed by atoms with Gasteiger partial charge in [-0.1, -0.05) is 24.6 Å². The van der Waals surface area contributed by atoms with E-state index in [1.165, 1.54) is 24.8 Å². The van der Waals surface area contributed by atoms with Crippen LogP contribution in [0.25, 0.3) is 21.0 Å². The maximum Gasteiger partial charge on any atom is 0.212 e. The van der Waals surface area contributed by atoms with Crippen molar-refractivity contribution in [2.75, 3.05) is 32.4 Å². The highest BCUT2D eigenvalue weighted by atomic mass is 32.2. The number of hydrogen-bond donors (Lipinski definition) is 1. The highest BCUT2D eigenvalue weighted by molar-refractivity contribution is 7.89. The molecule has 1 aromatic heterocycles. The van der Waals surface area contributed by atoms with Gasteiger partial charge in [0, 0.05) is 36.6 Å². The van der Waals surface area contributed by atoms with Gasteiger partial charge in [0.1, 0.15) is 10.8 Å². The fourth-order valence-electron chi connectivity index (χ4n) is 5.76. The van der Waals surface area contributed by atoms with Crippen LogP contribution >= 0.6 is 11.3 Å². The molecule has 1 atom stereocenters. The molecule has 0 bridgehead atoms. The van der Waals surface area contributed by atoms with Crippen LogP contribution in [0.2, 0.25) is 0 Å². The van der Waals surface area contributed by atoms with Crippen LogP contribution in [0.15, 0.2) is 47.6 Å². The lowest BCUT2D eigenvalue weighted by Gasteiger charge is -2.26. The van der Waals surface area contributed by atoms with Gasteiger partial charge in [-0.05, 0) is 100 Å². The smallest absolute Gasteiger partial charge is 0.212 e. The number of piperidine rings is 1. The summed E-state index contributed by atoms with van der Waals surface area (Å²) < 4.78 is 34.9. The van der Waals surface area contributed by atoms with E-state index in [1.807, 2.05) is 44.5 Å². The minimum atomic E-state index is -3.35. The van der Waals surface area contributed by atoms with Gasteiger partial charge in [-0.15, -0.1) is 11.3 Å². The Morgan fingerprint density at radius 3 is 2.80 bits per heavy atom. The second-order valence-electron chi connectivity index (χ2n) is 11.0. The molecule has 7 nitrogen and oxygen atoms in total. The quantitative estimate of drug-likeness (QED) is 0.277. The van der Waals surface area contributed by atoms with Crippen molar-refractivity contribution in [3.8, 4) is 26.8 Å². The third kappa shape index (κ3) is 7.00. The first-order valence-electron chi connectivity index (χ1n) is 14.4. The van der Waals surface area contributed by atoms with Gasteiger partial charge in [-0.3, -0.25) is 4.99 Å². The van der Waals surface area contributed by atoms with Crippen LogP contribution in [0.3, 0.4) is 0 Å². The van der Waals surface area contributed by atoms with Gasteiger partial charge in [-0.25, -0.2) is 18.1 Å². The van der Waals surface area contributed by atoms with Crippen LogP contribution in [0.5, 0.6) is 5.75 Å². The van der Waals surface area contributed by atoms with Crippen LogP contribution in [0, 0.1) is 0 Å². The van der Waals surface area contributed by atoms with Crippen molar-refractivity contribution >= 4 is 27.6 Å². The monoisotopic (exact) mass is 580 g/mol. The molecule has 0 unspecified atom stereocenters. The molecule has 214 valence electrons. The molecule has 2 heterocycles. The normalized spacial score (nSPS) is 18.1. The van der Waals surface area contributed by atoms with Crippen molar-refractivity contribution < 1.29 is 13.2 Å². The number of benzene rings is 2. The average molecular weight is 581 g/mol. The van der Waals surface area contributed by atoms with Crippen molar-refractivity contribution in [2.24, 2.45) is 4.99 Å². The van der Waals surface area contributed by atoms with E-state index in [9.17, 15) is 8.42 Å². The number of aromatic nitrogens is 1. The number of sulfonamides is 1. The number of aliphatic imine (C=N–C) groups is 1. The number of nitrogens with one attached hydrogen (secondary N) is 1. The summed E-state index contributed by atoms with van der Waals surface area (Å²) in [7, 11) is -1.59. The number of thiazole rings is 1. The van der Waals surface area contributed by atoms with Crippen LogP contribution < -0.4 is 9.46 Å². The summed E-state index contributed by atoms with van der Waals surface area (Å²) in [5.41, 5.74) is 5.40. The Kier molecular flexibility index (Phi) is 9.35. The highest BCUT2D eigenvalue weighted by Crippen LogP contribution is 2.41. The first-order chi connectivity index (χ1) is 19.3. The van der Waals surface area contributed by atoms with Crippen molar-refractivity contribution in [1.82, 2.24) is 14.6 Å². The van der Waals surface area contributed by atoms with E-state index < -0.39 is 10.0 Å². The van der Waals surface area contributed by atoms with E-state index >= 15 is 0 Å². The summed E-state index contributed by atoms with van der Waals surface area (Å²) in [6, 6.07) is 12.1. The van der Waals surface area contributed by atoms with E-state index in [-0.39, 0.29) is 17.9 Å². The zero-order valence-corrected chi connectivity index (χ0v) is 25.4. The molecule has 9 heteroatoms. The number of ether oxygens (including phenoxy) is 1. The van der Waals surface area contributed by atoms with Gasteiger partial charge in [0.2, 0.25) is 10.0 Å². The fraction of sp³-hybridized carbons (Fsp3) is 0.484. The molecule has 0 radical (unpaired) electrons. The molecule has 1 saturated heterocycles. The lowest BCUT2D eigenvalue weighted by Crippen LogP contribution is -2.34. The van der Waals surface area contributed by atoms with Gasteiger partial charge < -0.3 is 9.64 Å². The Morgan fingerprint density at radius 2 is 2.02 bits per heavy atom. The highest BCUT2D eigenvalue weighted by Gasteiger charge is 2.29. The standard InChI is InChI=1S/C31H40N4O3S2/c1-22(2)38-29-14-11-23(19-24(29)20-32-3)31-33-21-30(39-31)27-10-7-9-26-25(27)12-13-28(26)34-40(36,37)18-8-17-35-15-5-4-6-16-35/h7,9-11,14,19-22,28,34H,4-6,8,12-13,15-18H2,1-3H3/t28-/m0/s1. The summed E-state index contributed by atoms with van der Waals surface area (Å²) in [6.45, 7) is 7.08. The fourth-order valence-corrected chi connectivity index (χ4v) is 8.03. The lowest BCUT2D eigenvalue weighted by molar-refractivity contribution is 0.229. The number of rotatable bonds is 11. The third-order valence-electron chi connectivity index (χ3n) is 7.59. The van der Waals surface area contributed by atoms with Crippen molar-refractivity contribution in [3.63, 3.8) is 0 Å². The summed E-state index contributed by atoms with van der Waals surface area (Å²) in [5, 5.41) is 0.929. The molecule has 0 amide bonds. The summed E-state index contributed by atoms with van der Waals surface area (Å²) in [4.78, 5) is 12.4. The predicted octanol–water partition coefficient (Wildman–Crippen LogP) is 6.10. The molecule has 1 aliphatic carbocycles. The van der Waals surface area contributed by atoms with Crippen LogP contribution in [0.1, 0.15) is 68.7 Å². The Balaban J connectivity index is 1.29. The second kappa shape index (κ2) is 12.9. The molecule has 1 N–H and O–H groups in total. The van der Waals surface area contributed by atoms with Crippen LogP contribution in [-0.4, -0.2) is 63.1 Å². The summed E-state index contributed by atoms with van der Waals surface area (Å²) in [6.07, 6.45) is 9.86. The van der Waals surface area contributed by atoms with E-state index in [2.05, 4.69) is 32.8 Å². The number of likely N-dealkylation sites (tertiary alicyclic amines) is 1. The Bertz CT molecular complexity index is 1440. The summed E-state index contributed by atoms with van der Waals surface area (Å²) in [5.74, 6) is 0.987. The average Bonchev–Trinajstić information content (AvgIpc) is 3.58. The van der Waals surface area contributed by atoms with Crippen LogP contribution in [0.4, 0.5) is 0 Å². The number of fused-ring (bicyclic) bond motifs is 1. The first-order valence-corrected chi connectivity index (χ1v) is 16.8. The number of hydrogen-bond acceptors (Lipinski definition) is 7. The first kappa shape index (κ1) is 28.9. The van der Waals surface area contributed by atoms with Gasteiger partial charge >= 0.3 is 0 Å². The maximum absolute atomic E-state index is 13.0. The van der Waals surface area contributed by atoms with Gasteiger partial charge in [-0.2, -0.15) is 0 Å². The minimum Gasteiger partial charge on any atom is -0.490 e. The molecule has 2 aromatic carbocycles. The van der Waals surface area contributed by atoms with E-state index in [0.717, 1.165) is 70.4 Å². The van der Waals surface area contributed by atoms with Gasteiger partial charge in [0.05, 0.1) is 16.7 Å². The molecule has 40 heavy (non-hydrogen) atoms. The van der Waals surface area contributed by atoms with Crippen molar-refractivity contribution in [1.29, 1.82) is 0 Å². The Labute approximate surface area is 242 Å². The van der Waals surface area contributed by atoms with Crippen LogP contribution in [-0.2, 0) is 16.4 Å². The maximum atomic E-state index is 13.0. The molecule has 0 spiro atoms. The SMILES string of the molecule is CN=Cc1cc(-c2ncc(-c3cccc4c3CC[C@@H]4NS(=O)(=O)CCCN3CCCCC3)s2)ccc1OC(C)C. The minimum absolute atomic E-state index is 0.0781. The lowest BCUT2D eigenvalue weighted by atomic mass is 10.0. The zero-order valence-electron chi connectivity index (χ0n) is 23.7. The third-order valence-corrected chi connectivity index (χ3v) is 10.1. The Hall–Kier alpha value is -2.59. The molecular weight excluding hydrogens is 541 g/mol. The van der Waals surface area contributed by atoms with E-state index in [4.69, 9.17) is 9.72 Å². The molecule has 5 rings (SSSR count). The molecular formula is C31H40N4O3S2. The van der Waals surface area contributed by atoms with Gasteiger partial charge in [0.25, 0.3) is 0 Å². The van der Waals surface area contributed by atoms with Crippen molar-refractivity contribution in [2.45, 2.75) is 64.5 Å². The van der Waals surface area contributed by atoms with Crippen molar-refractivity contribution in [3.05, 3.63) is 59.3 Å². The molecule has 1 fully saturated rings. The van der Waals surface area contributed by atoms with E-state index in [0.29, 0.717) is 6.42 Å². The number of nitrogens with zero attached hydrogens (tertiary/aromatic N) is 3. The van der Waals surface area contributed by atoms with E-state index in [1.54, 1.807) is 18.4 Å². The molecule has 2 aliphatic rings. The topological polar surface area (TPSA) is 83.9 Å². The van der Waals surface area contributed by atoms with Gasteiger partial charge in [0.15, 0.2) is 0 Å². The predicted molar refractivity (Wildman–Crippen MR) is 165 cm³/mol. The molecule has 3 aromatic rings. The molecule has 0 saturated carbocycles. The Morgan fingerprint density at radius 1 is 1.20 bits per heavy atom. The molecule has 1 aliphatic heterocycles. The second-order valence-corrected chi connectivity index (χ2v) is 13.9. The zero-order chi connectivity index (χ0) is 28.1.